The van der Waals surface area contributed by atoms with Crippen molar-refractivity contribution in [3.63, 3.8) is 0 Å². The summed E-state index contributed by atoms with van der Waals surface area (Å²) in [7, 11) is 0. The van der Waals surface area contributed by atoms with Crippen LogP contribution in [-0.2, 0) is 4.79 Å². The molecule has 0 fully saturated rings. The normalized spacial score (nSPS) is 9.92. The Morgan fingerprint density at radius 1 is 0.792 bits per heavy atom. The fourth-order valence-electron chi connectivity index (χ4n) is 1.73. The van der Waals surface area contributed by atoms with Gasteiger partial charge in [0, 0.05) is 11.1 Å². The molecule has 2 aromatic carbocycles. The Morgan fingerprint density at radius 2 is 1.50 bits per heavy atom. The van der Waals surface area contributed by atoms with Gasteiger partial charge in [0.15, 0.2) is 11.6 Å². The van der Waals surface area contributed by atoms with Crippen molar-refractivity contribution >= 4 is 17.7 Å². The molecule has 0 atom stereocenters. The molecule has 0 radical (unpaired) electrons. The summed E-state index contributed by atoms with van der Waals surface area (Å²) in [5, 5.41) is 2.22. The molecule has 3 amide bonds. The highest BCUT2D eigenvalue weighted by Gasteiger charge is 2.11. The number of carbonyl (C=O) groups is 3. The van der Waals surface area contributed by atoms with E-state index in [4.69, 9.17) is 0 Å². The number of benzene rings is 2. The second-order valence-electron chi connectivity index (χ2n) is 4.68. The zero-order valence-corrected chi connectivity index (χ0v) is 12.3. The molecule has 24 heavy (non-hydrogen) atoms. The van der Waals surface area contributed by atoms with E-state index in [9.17, 15) is 23.2 Å². The van der Waals surface area contributed by atoms with Gasteiger partial charge in [0.25, 0.3) is 17.7 Å². The molecule has 0 saturated carbocycles. The van der Waals surface area contributed by atoms with E-state index in [2.05, 4.69) is 16.2 Å². The lowest BCUT2D eigenvalue weighted by Crippen LogP contribution is -2.46. The predicted octanol–water partition coefficient (Wildman–Crippen LogP) is 1.16. The minimum absolute atomic E-state index is 0.130. The SMILES string of the molecule is O=C(CNC(=O)c1ccc(F)c(F)c1)NNC(=O)c1ccccc1. The smallest absolute Gasteiger partial charge is 0.269 e. The molecule has 2 aromatic rings. The van der Waals surface area contributed by atoms with E-state index >= 15 is 0 Å². The summed E-state index contributed by atoms with van der Waals surface area (Å²) < 4.78 is 25.8. The van der Waals surface area contributed by atoms with Crippen LogP contribution in [0.25, 0.3) is 0 Å². The first-order valence-corrected chi connectivity index (χ1v) is 6.85. The standard InChI is InChI=1S/C16H13F2N3O3/c17-12-7-6-11(8-13(12)18)15(23)19-9-14(22)20-21-16(24)10-4-2-1-3-5-10/h1-8H,9H2,(H,19,23)(H,20,22)(H,21,24). The van der Waals surface area contributed by atoms with Gasteiger partial charge in [0.2, 0.25) is 0 Å². The predicted molar refractivity (Wildman–Crippen MR) is 80.7 cm³/mol. The Morgan fingerprint density at radius 3 is 2.17 bits per heavy atom. The molecule has 0 aliphatic rings. The second-order valence-corrected chi connectivity index (χ2v) is 4.68. The fraction of sp³-hybridized carbons (Fsp3) is 0.0625. The minimum Gasteiger partial charge on any atom is -0.343 e. The minimum atomic E-state index is -1.16. The van der Waals surface area contributed by atoms with Crippen molar-refractivity contribution < 1.29 is 23.2 Å². The molecule has 2 rings (SSSR count). The number of hydrogen-bond acceptors (Lipinski definition) is 3. The molecule has 6 nitrogen and oxygen atoms in total. The molecule has 0 spiro atoms. The zero-order chi connectivity index (χ0) is 17.5. The largest absolute Gasteiger partial charge is 0.343 e. The van der Waals surface area contributed by atoms with Crippen LogP contribution in [0.4, 0.5) is 8.78 Å². The molecular formula is C16H13F2N3O3. The molecule has 0 aliphatic heterocycles. The Kier molecular flexibility index (Phi) is 5.56. The van der Waals surface area contributed by atoms with Crippen molar-refractivity contribution in [1.29, 1.82) is 0 Å². The Bertz CT molecular complexity index is 766. The Hall–Kier alpha value is -3.29. The first-order chi connectivity index (χ1) is 11.5. The summed E-state index contributed by atoms with van der Waals surface area (Å²) in [5.41, 5.74) is 4.52. The monoisotopic (exact) mass is 333 g/mol. The molecule has 3 N–H and O–H groups in total. The highest BCUT2D eigenvalue weighted by molar-refractivity contribution is 5.98. The first-order valence-electron chi connectivity index (χ1n) is 6.85. The maximum absolute atomic E-state index is 13.0. The third kappa shape index (κ3) is 4.60. The van der Waals surface area contributed by atoms with Crippen LogP contribution in [0.5, 0.6) is 0 Å². The second kappa shape index (κ2) is 7.82. The fourth-order valence-corrected chi connectivity index (χ4v) is 1.73. The summed E-state index contributed by atoms with van der Waals surface area (Å²) >= 11 is 0. The highest BCUT2D eigenvalue weighted by Crippen LogP contribution is 2.08. The summed E-state index contributed by atoms with van der Waals surface area (Å²) in [6, 6.07) is 10.8. The third-order valence-corrected chi connectivity index (χ3v) is 2.94. The van der Waals surface area contributed by atoms with Crippen LogP contribution >= 0.6 is 0 Å². The van der Waals surface area contributed by atoms with Gasteiger partial charge in [-0.25, -0.2) is 8.78 Å². The number of rotatable bonds is 4. The van der Waals surface area contributed by atoms with Gasteiger partial charge in [-0.15, -0.1) is 0 Å². The molecule has 124 valence electrons. The van der Waals surface area contributed by atoms with Crippen LogP contribution in [0.3, 0.4) is 0 Å². The molecular weight excluding hydrogens is 320 g/mol. The van der Waals surface area contributed by atoms with Crippen molar-refractivity contribution in [2.45, 2.75) is 0 Å². The Balaban J connectivity index is 1.79. The van der Waals surface area contributed by atoms with Crippen LogP contribution in [0, 0.1) is 11.6 Å². The van der Waals surface area contributed by atoms with Crippen molar-refractivity contribution in [1.82, 2.24) is 16.2 Å². The maximum atomic E-state index is 13.0. The first kappa shape index (κ1) is 17.1. The quantitative estimate of drug-likeness (QED) is 0.734. The molecule has 0 saturated heterocycles. The molecule has 0 aliphatic carbocycles. The molecule has 0 aromatic heterocycles. The molecule has 0 bridgehead atoms. The van der Waals surface area contributed by atoms with Gasteiger partial charge in [0.1, 0.15) is 0 Å². The van der Waals surface area contributed by atoms with Crippen LogP contribution in [0.1, 0.15) is 20.7 Å². The number of halogens is 2. The van der Waals surface area contributed by atoms with Gasteiger partial charge in [-0.1, -0.05) is 18.2 Å². The zero-order valence-electron chi connectivity index (χ0n) is 12.3. The van der Waals surface area contributed by atoms with Gasteiger partial charge in [-0.2, -0.15) is 0 Å². The number of amides is 3. The van der Waals surface area contributed by atoms with E-state index in [1.807, 2.05) is 0 Å². The summed E-state index contributed by atoms with van der Waals surface area (Å²) in [5.74, 6) is -4.19. The van der Waals surface area contributed by atoms with E-state index in [0.717, 1.165) is 18.2 Å². The van der Waals surface area contributed by atoms with Gasteiger partial charge in [-0.3, -0.25) is 25.2 Å². The number of nitrogens with one attached hydrogen (secondary N) is 3. The third-order valence-electron chi connectivity index (χ3n) is 2.94. The van der Waals surface area contributed by atoms with Gasteiger partial charge in [0.05, 0.1) is 6.54 Å². The topological polar surface area (TPSA) is 87.3 Å². The van der Waals surface area contributed by atoms with Crippen LogP contribution in [-0.4, -0.2) is 24.3 Å². The van der Waals surface area contributed by atoms with Crippen molar-refractivity contribution in [3.05, 3.63) is 71.3 Å². The summed E-state index contributed by atoms with van der Waals surface area (Å²) in [4.78, 5) is 35.0. The summed E-state index contributed by atoms with van der Waals surface area (Å²) in [6.07, 6.45) is 0. The van der Waals surface area contributed by atoms with Gasteiger partial charge < -0.3 is 5.32 Å². The lowest BCUT2D eigenvalue weighted by Gasteiger charge is -2.08. The lowest BCUT2D eigenvalue weighted by molar-refractivity contribution is -0.120. The average molecular weight is 333 g/mol. The van der Waals surface area contributed by atoms with E-state index in [1.165, 1.54) is 0 Å². The molecule has 0 heterocycles. The van der Waals surface area contributed by atoms with E-state index in [0.29, 0.717) is 5.56 Å². The number of hydrogen-bond donors (Lipinski definition) is 3. The van der Waals surface area contributed by atoms with E-state index in [1.54, 1.807) is 30.3 Å². The van der Waals surface area contributed by atoms with Crippen LogP contribution in [0.15, 0.2) is 48.5 Å². The van der Waals surface area contributed by atoms with Crippen molar-refractivity contribution in [3.8, 4) is 0 Å². The van der Waals surface area contributed by atoms with Crippen LogP contribution in [0.2, 0.25) is 0 Å². The van der Waals surface area contributed by atoms with Gasteiger partial charge in [-0.05, 0) is 30.3 Å². The molecule has 0 unspecified atom stereocenters. The molecule has 8 heteroatoms. The highest BCUT2D eigenvalue weighted by atomic mass is 19.2. The maximum Gasteiger partial charge on any atom is 0.269 e. The number of hydrazine groups is 1. The van der Waals surface area contributed by atoms with Gasteiger partial charge >= 0.3 is 0 Å². The average Bonchev–Trinajstić information content (AvgIpc) is 2.60. The van der Waals surface area contributed by atoms with Crippen LogP contribution < -0.4 is 16.2 Å². The van der Waals surface area contributed by atoms with Crippen molar-refractivity contribution in [2.75, 3.05) is 6.54 Å². The Labute approximate surface area is 135 Å². The number of carbonyl (C=O) groups excluding carboxylic acids is 3. The summed E-state index contributed by atoms with van der Waals surface area (Å²) in [6.45, 7) is -0.451. The van der Waals surface area contributed by atoms with Crippen molar-refractivity contribution in [2.24, 2.45) is 0 Å². The lowest BCUT2D eigenvalue weighted by atomic mass is 10.2. The van der Waals surface area contributed by atoms with E-state index < -0.39 is 35.9 Å². The van der Waals surface area contributed by atoms with E-state index in [-0.39, 0.29) is 5.56 Å².